The highest BCUT2D eigenvalue weighted by Crippen LogP contribution is 2.14. The fourth-order valence-electron chi connectivity index (χ4n) is 1.10. The average molecular weight is 250 g/mol. The van der Waals surface area contributed by atoms with Crippen molar-refractivity contribution >= 4 is 15.0 Å². The molecule has 0 fully saturated rings. The van der Waals surface area contributed by atoms with E-state index in [0.29, 0.717) is 12.5 Å². The third-order valence-electron chi connectivity index (χ3n) is 1.96. The molecule has 0 aliphatic rings. The fourth-order valence-corrected chi connectivity index (χ4v) is 2.79. The molecule has 6 nitrogen and oxygen atoms in total. The van der Waals surface area contributed by atoms with Crippen molar-refractivity contribution in [3.05, 3.63) is 12.8 Å². The second-order valence-electron chi connectivity index (χ2n) is 2.78. The molecule has 0 radical (unpaired) electrons. The molecule has 0 rings (SSSR count). The molecule has 16 heavy (non-hydrogen) atoms. The summed E-state index contributed by atoms with van der Waals surface area (Å²) in [5.74, 6) is 0. The van der Waals surface area contributed by atoms with Crippen LogP contribution in [0.25, 0.3) is 0 Å². The number of carbonyl (C=O) groups excluding carboxylic acids is 1. The van der Waals surface area contributed by atoms with E-state index in [0.717, 1.165) is 6.26 Å². The quantitative estimate of drug-likeness (QED) is 0.282. The molecule has 0 saturated heterocycles. The molecule has 0 amide bonds. The van der Waals surface area contributed by atoms with E-state index in [1.807, 2.05) is 0 Å². The van der Waals surface area contributed by atoms with E-state index in [2.05, 4.69) is 11.3 Å². The highest BCUT2D eigenvalue weighted by molar-refractivity contribution is 6.60. The van der Waals surface area contributed by atoms with Gasteiger partial charge in [0.1, 0.15) is 0 Å². The Labute approximate surface area is 96.4 Å². The Hall–Kier alpha value is -0.893. The van der Waals surface area contributed by atoms with Gasteiger partial charge in [0.25, 0.3) is 0 Å². The van der Waals surface area contributed by atoms with E-state index in [4.69, 9.17) is 18.0 Å². The van der Waals surface area contributed by atoms with Crippen molar-refractivity contribution in [1.29, 1.82) is 0 Å². The Morgan fingerprint density at radius 3 is 2.25 bits per heavy atom. The van der Waals surface area contributed by atoms with Crippen molar-refractivity contribution in [1.82, 2.24) is 0 Å². The molecule has 0 N–H and O–H groups in total. The molecule has 0 aliphatic heterocycles. The lowest BCUT2D eigenvalue weighted by Gasteiger charge is -2.23. The van der Waals surface area contributed by atoms with Gasteiger partial charge in [-0.2, -0.15) is 0 Å². The lowest BCUT2D eigenvalue weighted by Crippen LogP contribution is -2.42. The van der Waals surface area contributed by atoms with Crippen LogP contribution in [0.1, 0.15) is 6.42 Å². The first-order valence-electron chi connectivity index (χ1n) is 4.74. The number of carbonyl (C=O) groups is 1. The molecule has 94 valence electrons. The van der Waals surface area contributed by atoms with Gasteiger partial charge in [0.2, 0.25) is 0 Å². The van der Waals surface area contributed by atoms with Crippen molar-refractivity contribution in [2.75, 3.05) is 27.9 Å². The first kappa shape index (κ1) is 15.1. The highest BCUT2D eigenvalue weighted by atomic mass is 28.4. The van der Waals surface area contributed by atoms with Crippen LogP contribution in [-0.2, 0) is 22.8 Å². The fraction of sp³-hybridized carbons (Fsp3) is 0.667. The number of hydrogen-bond acceptors (Lipinski definition) is 6. The smallest absolute Gasteiger partial charge is 0.434 e. The second-order valence-corrected chi connectivity index (χ2v) is 5.87. The van der Waals surface area contributed by atoms with Gasteiger partial charge >= 0.3 is 15.0 Å². The Morgan fingerprint density at radius 1 is 1.25 bits per heavy atom. The third-order valence-corrected chi connectivity index (χ3v) is 4.79. The predicted molar refractivity (Wildman–Crippen MR) is 58.8 cm³/mol. The normalized spacial score (nSPS) is 10.9. The van der Waals surface area contributed by atoms with Gasteiger partial charge in [-0.15, -0.1) is 0 Å². The number of rotatable bonds is 8. The third kappa shape index (κ3) is 5.26. The van der Waals surface area contributed by atoms with E-state index >= 15 is 0 Å². The minimum atomic E-state index is -2.56. The van der Waals surface area contributed by atoms with Gasteiger partial charge in [0, 0.05) is 27.4 Å². The second kappa shape index (κ2) is 8.28. The summed E-state index contributed by atoms with van der Waals surface area (Å²) < 4.78 is 24.7. The van der Waals surface area contributed by atoms with Crippen LogP contribution in [0.4, 0.5) is 4.79 Å². The van der Waals surface area contributed by atoms with Crippen LogP contribution >= 0.6 is 0 Å². The van der Waals surface area contributed by atoms with Crippen molar-refractivity contribution in [3.63, 3.8) is 0 Å². The average Bonchev–Trinajstić information content (AvgIpc) is 2.31. The van der Waals surface area contributed by atoms with Gasteiger partial charge in [0.15, 0.2) is 0 Å². The zero-order valence-electron chi connectivity index (χ0n) is 9.86. The summed E-state index contributed by atoms with van der Waals surface area (Å²) in [5, 5.41) is 0. The molecule has 0 unspecified atom stereocenters. The van der Waals surface area contributed by atoms with E-state index in [1.165, 1.54) is 21.3 Å². The van der Waals surface area contributed by atoms with E-state index < -0.39 is 15.0 Å². The summed E-state index contributed by atoms with van der Waals surface area (Å²) in [6.07, 6.45) is 0.823. The first-order chi connectivity index (χ1) is 7.64. The van der Waals surface area contributed by atoms with Crippen LogP contribution in [-0.4, -0.2) is 42.9 Å². The summed E-state index contributed by atoms with van der Waals surface area (Å²) in [5.41, 5.74) is 0. The summed E-state index contributed by atoms with van der Waals surface area (Å²) in [6.45, 7) is 3.45. The van der Waals surface area contributed by atoms with E-state index in [-0.39, 0.29) is 6.61 Å². The van der Waals surface area contributed by atoms with Crippen molar-refractivity contribution in [2.24, 2.45) is 0 Å². The Balaban J connectivity index is 3.78. The summed E-state index contributed by atoms with van der Waals surface area (Å²) in [6, 6.07) is 0.567. The SMILES string of the molecule is C=COC(=O)OCCC[Si](OC)(OC)OC. The lowest BCUT2D eigenvalue weighted by atomic mass is 10.5. The van der Waals surface area contributed by atoms with E-state index in [1.54, 1.807) is 0 Å². The largest absolute Gasteiger partial charge is 0.513 e. The van der Waals surface area contributed by atoms with Crippen LogP contribution in [0, 0.1) is 0 Å². The van der Waals surface area contributed by atoms with Crippen LogP contribution in [0.15, 0.2) is 12.8 Å². The first-order valence-corrected chi connectivity index (χ1v) is 6.67. The topological polar surface area (TPSA) is 63.2 Å². The predicted octanol–water partition coefficient (Wildman–Crippen LogP) is 1.55. The number of ether oxygens (including phenoxy) is 2. The summed E-state index contributed by atoms with van der Waals surface area (Å²) >= 11 is 0. The van der Waals surface area contributed by atoms with Gasteiger partial charge in [-0.3, -0.25) is 0 Å². The maximum absolute atomic E-state index is 10.8. The van der Waals surface area contributed by atoms with Crippen molar-refractivity contribution in [3.8, 4) is 0 Å². The Morgan fingerprint density at radius 2 is 1.81 bits per heavy atom. The maximum atomic E-state index is 10.8. The van der Waals surface area contributed by atoms with Gasteiger partial charge in [-0.05, 0) is 6.42 Å². The molecule has 0 aromatic rings. The Kier molecular flexibility index (Phi) is 7.82. The van der Waals surface area contributed by atoms with Gasteiger partial charge < -0.3 is 22.8 Å². The molecule has 0 atom stereocenters. The number of hydrogen-bond donors (Lipinski definition) is 0. The lowest BCUT2D eigenvalue weighted by molar-refractivity contribution is 0.0806. The van der Waals surface area contributed by atoms with Crippen LogP contribution in [0.2, 0.25) is 6.04 Å². The molecule has 0 aliphatic carbocycles. The van der Waals surface area contributed by atoms with E-state index in [9.17, 15) is 4.79 Å². The summed E-state index contributed by atoms with van der Waals surface area (Å²) in [7, 11) is 2.04. The monoisotopic (exact) mass is 250 g/mol. The van der Waals surface area contributed by atoms with Crippen LogP contribution in [0.5, 0.6) is 0 Å². The van der Waals surface area contributed by atoms with Crippen LogP contribution < -0.4 is 0 Å². The van der Waals surface area contributed by atoms with Gasteiger partial charge in [-0.25, -0.2) is 4.79 Å². The standard InChI is InChI=1S/C9H18O6Si/c1-5-14-9(10)15-7-6-8-16(11-2,12-3)13-4/h5H,1,6-8H2,2-4H3. The summed E-state index contributed by atoms with van der Waals surface area (Å²) in [4.78, 5) is 10.8. The van der Waals surface area contributed by atoms with Crippen LogP contribution in [0.3, 0.4) is 0 Å². The molecule has 0 spiro atoms. The molecule has 0 bridgehead atoms. The van der Waals surface area contributed by atoms with Gasteiger partial charge in [0.05, 0.1) is 12.9 Å². The minimum Gasteiger partial charge on any atom is -0.434 e. The molecule has 0 aromatic heterocycles. The Bertz CT molecular complexity index is 208. The minimum absolute atomic E-state index is 0.220. The molecule has 0 saturated carbocycles. The highest BCUT2D eigenvalue weighted by Gasteiger charge is 2.36. The molecular formula is C9H18O6Si. The molecular weight excluding hydrogens is 232 g/mol. The van der Waals surface area contributed by atoms with Crippen molar-refractivity contribution < 1.29 is 27.5 Å². The van der Waals surface area contributed by atoms with Crippen molar-refractivity contribution in [2.45, 2.75) is 12.5 Å². The molecule has 0 aromatic carbocycles. The molecule has 0 heterocycles. The molecule has 7 heteroatoms. The van der Waals surface area contributed by atoms with Gasteiger partial charge in [-0.1, -0.05) is 6.58 Å². The zero-order valence-corrected chi connectivity index (χ0v) is 10.9. The zero-order chi connectivity index (χ0) is 12.4. The maximum Gasteiger partial charge on any atom is 0.513 e.